The normalized spacial score (nSPS) is 11.7. The summed E-state index contributed by atoms with van der Waals surface area (Å²) in [7, 11) is 1.60. The number of nitrogens with zero attached hydrogens (tertiary/aromatic N) is 1. The van der Waals surface area contributed by atoms with Gasteiger partial charge >= 0.3 is 0 Å². The number of rotatable bonds is 10. The van der Waals surface area contributed by atoms with Crippen molar-refractivity contribution in [3.63, 3.8) is 0 Å². The van der Waals surface area contributed by atoms with Crippen LogP contribution >= 0.6 is 0 Å². The molecule has 0 radical (unpaired) electrons. The fourth-order valence-corrected chi connectivity index (χ4v) is 2.31. The Labute approximate surface area is 143 Å². The van der Waals surface area contributed by atoms with E-state index in [1.807, 2.05) is 31.2 Å². The number of benzene rings is 1. The third-order valence-corrected chi connectivity index (χ3v) is 3.78. The van der Waals surface area contributed by atoms with Gasteiger partial charge in [0.05, 0.1) is 7.11 Å². The van der Waals surface area contributed by atoms with E-state index in [0.29, 0.717) is 25.9 Å². The molecule has 6 heteroatoms. The van der Waals surface area contributed by atoms with Crippen LogP contribution in [0.4, 0.5) is 0 Å². The van der Waals surface area contributed by atoms with Crippen LogP contribution < -0.4 is 10.1 Å². The van der Waals surface area contributed by atoms with E-state index >= 15 is 0 Å². The highest BCUT2D eigenvalue weighted by atomic mass is 16.5. The Morgan fingerprint density at radius 1 is 1.29 bits per heavy atom. The summed E-state index contributed by atoms with van der Waals surface area (Å²) >= 11 is 0. The SMILES string of the molecule is CCCC(=O)N(Cc1ccc(OC)cc1)C(C)C(=O)NCCCO. The zero-order valence-corrected chi connectivity index (χ0v) is 14.7. The van der Waals surface area contributed by atoms with Crippen molar-refractivity contribution in [3.05, 3.63) is 29.8 Å². The van der Waals surface area contributed by atoms with Crippen molar-refractivity contribution in [2.45, 2.75) is 45.7 Å². The maximum absolute atomic E-state index is 12.4. The quantitative estimate of drug-likeness (QED) is 0.638. The van der Waals surface area contributed by atoms with Crippen LogP contribution in [0.15, 0.2) is 24.3 Å². The molecule has 0 heterocycles. The van der Waals surface area contributed by atoms with Gasteiger partial charge < -0.3 is 20.1 Å². The molecule has 1 unspecified atom stereocenters. The molecule has 1 aromatic rings. The number of amides is 2. The number of hydrogen-bond acceptors (Lipinski definition) is 4. The minimum absolute atomic E-state index is 0.0268. The van der Waals surface area contributed by atoms with Gasteiger partial charge in [-0.15, -0.1) is 0 Å². The van der Waals surface area contributed by atoms with Crippen molar-refractivity contribution in [2.75, 3.05) is 20.3 Å². The van der Waals surface area contributed by atoms with E-state index in [1.165, 1.54) is 0 Å². The Kier molecular flexibility index (Phi) is 8.86. The second-order valence-electron chi connectivity index (χ2n) is 5.66. The average Bonchev–Trinajstić information content (AvgIpc) is 2.59. The van der Waals surface area contributed by atoms with Gasteiger partial charge in [-0.25, -0.2) is 0 Å². The van der Waals surface area contributed by atoms with Gasteiger partial charge in [-0.1, -0.05) is 19.1 Å². The van der Waals surface area contributed by atoms with Gasteiger partial charge in [0.1, 0.15) is 11.8 Å². The van der Waals surface area contributed by atoms with E-state index < -0.39 is 6.04 Å². The van der Waals surface area contributed by atoms with Crippen LogP contribution in [0.5, 0.6) is 5.75 Å². The minimum atomic E-state index is -0.565. The topological polar surface area (TPSA) is 78.9 Å². The maximum Gasteiger partial charge on any atom is 0.242 e. The summed E-state index contributed by atoms with van der Waals surface area (Å²) in [4.78, 5) is 26.3. The second-order valence-corrected chi connectivity index (χ2v) is 5.66. The Bertz CT molecular complexity index is 516. The highest BCUT2D eigenvalue weighted by Gasteiger charge is 2.25. The number of carbonyl (C=O) groups is 2. The molecule has 0 aliphatic rings. The molecule has 1 rings (SSSR count). The van der Waals surface area contributed by atoms with Gasteiger partial charge in [0.15, 0.2) is 0 Å². The maximum atomic E-state index is 12.4. The first-order chi connectivity index (χ1) is 11.5. The van der Waals surface area contributed by atoms with Crippen LogP contribution in [0.2, 0.25) is 0 Å². The molecule has 134 valence electrons. The fourth-order valence-electron chi connectivity index (χ4n) is 2.31. The first kappa shape index (κ1) is 20.0. The van der Waals surface area contributed by atoms with Crippen molar-refractivity contribution in [3.8, 4) is 5.75 Å². The summed E-state index contributed by atoms with van der Waals surface area (Å²) < 4.78 is 5.14. The smallest absolute Gasteiger partial charge is 0.242 e. The number of hydrogen-bond donors (Lipinski definition) is 2. The van der Waals surface area contributed by atoms with E-state index in [4.69, 9.17) is 9.84 Å². The van der Waals surface area contributed by atoms with E-state index in [1.54, 1.807) is 18.9 Å². The molecule has 0 bridgehead atoms. The summed E-state index contributed by atoms with van der Waals surface area (Å²) in [6.45, 7) is 4.47. The first-order valence-electron chi connectivity index (χ1n) is 8.34. The molecule has 0 saturated carbocycles. The van der Waals surface area contributed by atoms with Crippen LogP contribution in [0.3, 0.4) is 0 Å². The lowest BCUT2D eigenvalue weighted by molar-refractivity contribution is -0.140. The summed E-state index contributed by atoms with van der Waals surface area (Å²) in [6.07, 6.45) is 1.64. The molecule has 6 nitrogen and oxygen atoms in total. The summed E-state index contributed by atoms with van der Waals surface area (Å²) in [5, 5.41) is 11.5. The Hall–Kier alpha value is -2.08. The van der Waals surface area contributed by atoms with Crippen LogP contribution in [0.1, 0.15) is 38.7 Å². The van der Waals surface area contributed by atoms with Gasteiger partial charge in [-0.3, -0.25) is 9.59 Å². The van der Waals surface area contributed by atoms with E-state index in [9.17, 15) is 9.59 Å². The van der Waals surface area contributed by atoms with Crippen LogP contribution in [-0.4, -0.2) is 48.1 Å². The second kappa shape index (κ2) is 10.6. The van der Waals surface area contributed by atoms with Crippen molar-refractivity contribution < 1.29 is 19.4 Å². The predicted octanol–water partition coefficient (Wildman–Crippen LogP) is 1.71. The monoisotopic (exact) mass is 336 g/mol. The summed E-state index contributed by atoms with van der Waals surface area (Å²) in [5.41, 5.74) is 0.940. The van der Waals surface area contributed by atoms with Gasteiger partial charge in [-0.2, -0.15) is 0 Å². The molecule has 2 N–H and O–H groups in total. The Morgan fingerprint density at radius 3 is 2.50 bits per heavy atom. The molecule has 2 amide bonds. The average molecular weight is 336 g/mol. The zero-order chi connectivity index (χ0) is 17.9. The third kappa shape index (κ3) is 6.20. The number of aliphatic hydroxyl groups excluding tert-OH is 1. The molecule has 0 aromatic heterocycles. The lowest BCUT2D eigenvalue weighted by Gasteiger charge is -2.28. The fraction of sp³-hybridized carbons (Fsp3) is 0.556. The van der Waals surface area contributed by atoms with Gasteiger partial charge in [-0.05, 0) is 37.5 Å². The van der Waals surface area contributed by atoms with Gasteiger partial charge in [0.25, 0.3) is 0 Å². The van der Waals surface area contributed by atoms with Gasteiger partial charge in [0, 0.05) is 26.1 Å². The minimum Gasteiger partial charge on any atom is -0.497 e. The first-order valence-corrected chi connectivity index (χ1v) is 8.34. The Balaban J connectivity index is 2.81. The standard InChI is InChI=1S/C18H28N2O4/c1-4-6-17(22)20(14(2)18(23)19-11-5-12-21)13-15-7-9-16(24-3)10-8-15/h7-10,14,21H,4-6,11-13H2,1-3H3,(H,19,23). The number of methoxy groups -OCH3 is 1. The molecule has 0 fully saturated rings. The van der Waals surface area contributed by atoms with Crippen LogP contribution in [0.25, 0.3) is 0 Å². The molecular weight excluding hydrogens is 308 g/mol. The van der Waals surface area contributed by atoms with E-state index in [2.05, 4.69) is 5.32 Å². The number of aliphatic hydroxyl groups is 1. The lowest BCUT2D eigenvalue weighted by atomic mass is 10.1. The molecular formula is C18H28N2O4. The highest BCUT2D eigenvalue weighted by Crippen LogP contribution is 2.15. The molecule has 1 atom stereocenters. The molecule has 0 spiro atoms. The molecule has 0 aliphatic heterocycles. The molecule has 1 aromatic carbocycles. The number of nitrogens with one attached hydrogen (secondary N) is 1. The largest absolute Gasteiger partial charge is 0.497 e. The number of carbonyl (C=O) groups excluding carboxylic acids is 2. The predicted molar refractivity (Wildman–Crippen MR) is 92.6 cm³/mol. The zero-order valence-electron chi connectivity index (χ0n) is 14.7. The van der Waals surface area contributed by atoms with Crippen LogP contribution in [0, 0.1) is 0 Å². The highest BCUT2D eigenvalue weighted by molar-refractivity contribution is 5.87. The van der Waals surface area contributed by atoms with E-state index in [0.717, 1.165) is 17.7 Å². The summed E-state index contributed by atoms with van der Waals surface area (Å²) in [6, 6.07) is 6.89. The number of ether oxygens (including phenoxy) is 1. The molecule has 24 heavy (non-hydrogen) atoms. The molecule has 0 aliphatic carbocycles. The van der Waals surface area contributed by atoms with Crippen LogP contribution in [-0.2, 0) is 16.1 Å². The molecule has 0 saturated heterocycles. The lowest BCUT2D eigenvalue weighted by Crippen LogP contribution is -2.47. The van der Waals surface area contributed by atoms with E-state index in [-0.39, 0.29) is 18.4 Å². The Morgan fingerprint density at radius 2 is 1.96 bits per heavy atom. The van der Waals surface area contributed by atoms with Gasteiger partial charge in [0.2, 0.25) is 11.8 Å². The van der Waals surface area contributed by atoms with Crippen molar-refractivity contribution in [2.24, 2.45) is 0 Å². The van der Waals surface area contributed by atoms with Crippen molar-refractivity contribution >= 4 is 11.8 Å². The van der Waals surface area contributed by atoms with Crippen molar-refractivity contribution in [1.29, 1.82) is 0 Å². The van der Waals surface area contributed by atoms with Crippen molar-refractivity contribution in [1.82, 2.24) is 10.2 Å². The summed E-state index contributed by atoms with van der Waals surface area (Å²) in [5.74, 6) is 0.500. The third-order valence-electron chi connectivity index (χ3n) is 3.78.